The number of hydrogen-bond acceptors (Lipinski definition) is 3. The molecule has 1 aliphatic rings. The lowest BCUT2D eigenvalue weighted by atomic mass is 9.84. The van der Waals surface area contributed by atoms with Crippen molar-refractivity contribution in [2.45, 2.75) is 88.2 Å². The Kier molecular flexibility index (Phi) is 10.2. The van der Waals surface area contributed by atoms with Gasteiger partial charge in [0.05, 0.1) is 12.2 Å². The highest BCUT2D eigenvalue weighted by Gasteiger charge is 2.41. The number of carboxylic acid groups (broad SMARTS) is 1. The number of rotatable bonds is 12. The second-order valence-corrected chi connectivity index (χ2v) is 8.74. The number of alkyl halides is 1. The lowest BCUT2D eigenvalue weighted by Gasteiger charge is -2.23. The van der Waals surface area contributed by atoms with Crippen LogP contribution in [0.5, 0.6) is 0 Å². The van der Waals surface area contributed by atoms with Crippen LogP contribution in [0, 0.1) is 5.92 Å². The fourth-order valence-electron chi connectivity index (χ4n) is 4.26. The normalized spacial score (nSPS) is 25.5. The Labute approximate surface area is 179 Å². The van der Waals surface area contributed by atoms with Crippen LogP contribution in [0.15, 0.2) is 36.4 Å². The number of aliphatic hydroxyl groups excluding tert-OH is 2. The van der Waals surface area contributed by atoms with Crippen LogP contribution in [0.1, 0.15) is 87.9 Å². The third-order valence-corrected chi connectivity index (χ3v) is 6.43. The van der Waals surface area contributed by atoms with Gasteiger partial charge in [-0.05, 0) is 49.1 Å². The van der Waals surface area contributed by atoms with Crippen molar-refractivity contribution in [1.29, 1.82) is 0 Å². The van der Waals surface area contributed by atoms with Crippen LogP contribution in [0.25, 0.3) is 0 Å². The molecule has 1 unspecified atom stereocenters. The Morgan fingerprint density at radius 2 is 1.93 bits per heavy atom. The Balaban J connectivity index is 1.96. The van der Waals surface area contributed by atoms with E-state index in [9.17, 15) is 15.0 Å². The molecule has 0 amide bonds. The van der Waals surface area contributed by atoms with E-state index >= 15 is 0 Å². The molecule has 1 saturated carbocycles. The number of halogens is 1. The maximum atomic E-state index is 10.6. The Hall–Kier alpha value is -1.36. The molecule has 5 heteroatoms. The van der Waals surface area contributed by atoms with Crippen molar-refractivity contribution < 1.29 is 20.1 Å². The van der Waals surface area contributed by atoms with Gasteiger partial charge in [0.15, 0.2) is 0 Å². The maximum absolute atomic E-state index is 10.6. The number of unbranched alkanes of at least 4 members (excludes halogenated alkanes) is 3. The van der Waals surface area contributed by atoms with Crippen LogP contribution in [-0.4, -0.2) is 32.8 Å². The molecule has 29 heavy (non-hydrogen) atoms. The molecule has 0 spiro atoms. The predicted octanol–water partition coefficient (Wildman–Crippen LogP) is 5.57. The van der Waals surface area contributed by atoms with E-state index in [1.54, 1.807) is 0 Å². The molecule has 4 nitrogen and oxygen atoms in total. The number of hydrogen-bond donors (Lipinski definition) is 3. The summed E-state index contributed by atoms with van der Waals surface area (Å²) in [4.78, 5) is 10.6. The number of aliphatic hydroxyl groups is 2. The third-order valence-electron chi connectivity index (χ3n) is 5.93. The summed E-state index contributed by atoms with van der Waals surface area (Å²) in [5.41, 5.74) is 1.99. The minimum Gasteiger partial charge on any atom is -0.481 e. The van der Waals surface area contributed by atoms with Crippen molar-refractivity contribution in [1.82, 2.24) is 0 Å². The highest BCUT2D eigenvalue weighted by atomic mass is 35.5. The summed E-state index contributed by atoms with van der Waals surface area (Å²) in [5, 5.41) is 29.5. The number of allylic oxidation sites excluding steroid dienone is 2. The number of carbonyl (C=O) groups is 1. The predicted molar refractivity (Wildman–Crippen MR) is 117 cm³/mol. The standard InChI is InChI=1S/C24H35ClO4/c1-2-3-6-10-21(26)17-12-14-18(15-13-17)24-19(20(25)16-22(24)27)9-7-4-5-8-11-23(28)29/h4,7,12-15,19-22,24,26-27H,2-3,5-6,8-11,16H2,1H3,(H,28,29)/b7-4-/t19-,20+,21?,22-,24+/m0/s1. The highest BCUT2D eigenvalue weighted by molar-refractivity contribution is 6.21. The SMILES string of the molecule is CCCCCC(O)c1ccc([C@@H]2[C@@H](C/C=C\CCCC(=O)O)[C@H](Cl)C[C@@H]2O)cc1. The second-order valence-electron chi connectivity index (χ2n) is 8.18. The van der Waals surface area contributed by atoms with Gasteiger partial charge >= 0.3 is 5.97 Å². The molecule has 1 aromatic rings. The summed E-state index contributed by atoms with van der Waals surface area (Å²) >= 11 is 6.54. The van der Waals surface area contributed by atoms with Gasteiger partial charge in [0.2, 0.25) is 0 Å². The van der Waals surface area contributed by atoms with E-state index in [4.69, 9.17) is 16.7 Å². The lowest BCUT2D eigenvalue weighted by molar-refractivity contribution is -0.137. The second kappa shape index (κ2) is 12.4. The Bertz CT molecular complexity index is 643. The van der Waals surface area contributed by atoms with Crippen molar-refractivity contribution in [2.24, 2.45) is 5.92 Å². The van der Waals surface area contributed by atoms with E-state index in [0.717, 1.165) is 49.7 Å². The van der Waals surface area contributed by atoms with Crippen molar-refractivity contribution in [3.05, 3.63) is 47.5 Å². The summed E-state index contributed by atoms with van der Waals surface area (Å²) in [6.07, 6.45) is 10.2. The van der Waals surface area contributed by atoms with Crippen molar-refractivity contribution in [2.75, 3.05) is 0 Å². The van der Waals surface area contributed by atoms with Crippen LogP contribution in [0.4, 0.5) is 0 Å². The summed E-state index contributed by atoms with van der Waals surface area (Å²) < 4.78 is 0. The van der Waals surface area contributed by atoms with Gasteiger partial charge in [-0.3, -0.25) is 4.79 Å². The molecular weight excluding hydrogens is 388 g/mol. The summed E-state index contributed by atoms with van der Waals surface area (Å²) in [6.45, 7) is 2.15. The average Bonchev–Trinajstić information content (AvgIpc) is 2.97. The number of carboxylic acids is 1. The first-order valence-corrected chi connectivity index (χ1v) is 11.3. The van der Waals surface area contributed by atoms with Crippen LogP contribution in [0.3, 0.4) is 0 Å². The van der Waals surface area contributed by atoms with E-state index in [2.05, 4.69) is 13.0 Å². The van der Waals surface area contributed by atoms with Crippen LogP contribution in [0.2, 0.25) is 0 Å². The quantitative estimate of drug-likeness (QED) is 0.233. The van der Waals surface area contributed by atoms with Gasteiger partial charge in [-0.1, -0.05) is 62.6 Å². The molecule has 0 bridgehead atoms. The molecule has 0 radical (unpaired) electrons. The molecule has 0 aromatic heterocycles. The zero-order valence-electron chi connectivity index (χ0n) is 17.3. The molecule has 5 atom stereocenters. The molecule has 0 saturated heterocycles. The Morgan fingerprint density at radius 3 is 2.59 bits per heavy atom. The van der Waals surface area contributed by atoms with Gasteiger partial charge in [0.25, 0.3) is 0 Å². The van der Waals surface area contributed by atoms with Gasteiger partial charge in [-0.15, -0.1) is 11.6 Å². The topological polar surface area (TPSA) is 77.8 Å². The molecule has 1 aliphatic carbocycles. The maximum Gasteiger partial charge on any atom is 0.303 e. The monoisotopic (exact) mass is 422 g/mol. The van der Waals surface area contributed by atoms with E-state index < -0.39 is 18.2 Å². The molecule has 0 aliphatic heterocycles. The number of aliphatic carboxylic acids is 1. The summed E-state index contributed by atoms with van der Waals surface area (Å²) in [5.74, 6) is -0.646. The van der Waals surface area contributed by atoms with Crippen molar-refractivity contribution in [3.8, 4) is 0 Å². The highest BCUT2D eigenvalue weighted by Crippen LogP contribution is 2.45. The van der Waals surface area contributed by atoms with Crippen LogP contribution >= 0.6 is 11.6 Å². The summed E-state index contributed by atoms with van der Waals surface area (Å²) in [6, 6.07) is 7.98. The lowest BCUT2D eigenvalue weighted by Crippen LogP contribution is -2.18. The van der Waals surface area contributed by atoms with Gasteiger partial charge in [0, 0.05) is 17.7 Å². The van der Waals surface area contributed by atoms with E-state index in [-0.39, 0.29) is 23.6 Å². The zero-order chi connectivity index (χ0) is 21.2. The molecule has 162 valence electrons. The van der Waals surface area contributed by atoms with Gasteiger partial charge in [0.1, 0.15) is 0 Å². The molecule has 1 fully saturated rings. The Morgan fingerprint density at radius 1 is 1.21 bits per heavy atom. The molecule has 0 heterocycles. The molecule has 1 aromatic carbocycles. The summed E-state index contributed by atoms with van der Waals surface area (Å²) in [7, 11) is 0. The van der Waals surface area contributed by atoms with Crippen molar-refractivity contribution in [3.63, 3.8) is 0 Å². The minimum atomic E-state index is -0.767. The van der Waals surface area contributed by atoms with E-state index in [0.29, 0.717) is 12.8 Å². The first-order valence-electron chi connectivity index (χ1n) is 10.9. The van der Waals surface area contributed by atoms with Gasteiger partial charge in [-0.25, -0.2) is 0 Å². The third kappa shape index (κ3) is 7.44. The van der Waals surface area contributed by atoms with E-state index in [1.807, 2.05) is 30.3 Å². The fourth-order valence-corrected chi connectivity index (χ4v) is 4.71. The first kappa shape index (κ1) is 23.9. The largest absolute Gasteiger partial charge is 0.481 e. The smallest absolute Gasteiger partial charge is 0.303 e. The molecule has 2 rings (SSSR count). The minimum absolute atomic E-state index is 0.0209. The van der Waals surface area contributed by atoms with E-state index in [1.165, 1.54) is 0 Å². The molecule has 3 N–H and O–H groups in total. The van der Waals surface area contributed by atoms with Crippen LogP contribution < -0.4 is 0 Å². The number of benzene rings is 1. The van der Waals surface area contributed by atoms with Crippen LogP contribution in [-0.2, 0) is 4.79 Å². The zero-order valence-corrected chi connectivity index (χ0v) is 18.1. The van der Waals surface area contributed by atoms with Gasteiger partial charge in [-0.2, -0.15) is 0 Å². The average molecular weight is 423 g/mol. The van der Waals surface area contributed by atoms with Gasteiger partial charge < -0.3 is 15.3 Å². The molecular formula is C24H35ClO4. The van der Waals surface area contributed by atoms with Crippen molar-refractivity contribution >= 4 is 17.6 Å². The first-order chi connectivity index (χ1) is 13.9. The fraction of sp³-hybridized carbons (Fsp3) is 0.625.